The molecular formula is C17H24N2. The molecule has 1 aromatic heterocycles. The molecule has 1 aromatic carbocycles. The summed E-state index contributed by atoms with van der Waals surface area (Å²) in [6.07, 6.45) is 6.69. The first-order chi connectivity index (χ1) is 9.31. The molecule has 102 valence electrons. The Morgan fingerprint density at radius 2 is 1.68 bits per heavy atom. The van der Waals surface area contributed by atoms with Crippen molar-refractivity contribution in [2.75, 3.05) is 6.54 Å². The van der Waals surface area contributed by atoms with Crippen LogP contribution in [0.1, 0.15) is 37.0 Å². The number of nitrogens with one attached hydrogen (secondary N) is 1. The molecule has 0 spiro atoms. The van der Waals surface area contributed by atoms with E-state index in [0.29, 0.717) is 0 Å². The average Bonchev–Trinajstić information content (AvgIpc) is 2.88. The number of aromatic nitrogens is 1. The Kier molecular flexibility index (Phi) is 5.22. The highest BCUT2D eigenvalue weighted by Gasteiger charge is 1.98. The van der Waals surface area contributed by atoms with E-state index < -0.39 is 0 Å². The van der Waals surface area contributed by atoms with E-state index >= 15 is 0 Å². The third kappa shape index (κ3) is 4.25. The Balaban J connectivity index is 1.91. The van der Waals surface area contributed by atoms with Gasteiger partial charge in [0.25, 0.3) is 0 Å². The van der Waals surface area contributed by atoms with Gasteiger partial charge in [-0.1, -0.05) is 38.1 Å². The zero-order valence-corrected chi connectivity index (χ0v) is 12.0. The summed E-state index contributed by atoms with van der Waals surface area (Å²) >= 11 is 0. The van der Waals surface area contributed by atoms with E-state index in [4.69, 9.17) is 0 Å². The molecule has 0 fully saturated rings. The van der Waals surface area contributed by atoms with Gasteiger partial charge in [-0.05, 0) is 42.1 Å². The second kappa shape index (κ2) is 7.15. The van der Waals surface area contributed by atoms with E-state index in [1.165, 1.54) is 23.1 Å². The molecule has 2 nitrogen and oxygen atoms in total. The summed E-state index contributed by atoms with van der Waals surface area (Å²) in [4.78, 5) is 0. The molecule has 0 bridgehead atoms. The van der Waals surface area contributed by atoms with Gasteiger partial charge in [-0.15, -0.1) is 0 Å². The molecule has 2 heteroatoms. The van der Waals surface area contributed by atoms with Crippen LogP contribution < -0.4 is 5.32 Å². The second-order valence-corrected chi connectivity index (χ2v) is 5.04. The van der Waals surface area contributed by atoms with Crippen molar-refractivity contribution < 1.29 is 0 Å². The minimum Gasteiger partial charge on any atom is -0.350 e. The van der Waals surface area contributed by atoms with Crippen molar-refractivity contribution in [1.29, 1.82) is 0 Å². The van der Waals surface area contributed by atoms with Crippen LogP contribution in [0.4, 0.5) is 0 Å². The number of rotatable bonds is 7. The molecule has 2 aromatic rings. The van der Waals surface area contributed by atoms with Gasteiger partial charge in [0, 0.05) is 25.5 Å². The van der Waals surface area contributed by atoms with Crippen LogP contribution in [0.15, 0.2) is 42.7 Å². The smallest absolute Gasteiger partial charge is 0.0470 e. The molecule has 0 atom stereocenters. The number of hydrogen-bond acceptors (Lipinski definition) is 1. The highest BCUT2D eigenvalue weighted by molar-refractivity contribution is 5.23. The molecule has 0 aliphatic rings. The first kappa shape index (κ1) is 13.9. The van der Waals surface area contributed by atoms with Crippen LogP contribution in [-0.4, -0.2) is 11.1 Å². The third-order valence-electron chi connectivity index (χ3n) is 3.36. The number of benzene rings is 1. The molecule has 19 heavy (non-hydrogen) atoms. The molecule has 1 heterocycles. The summed E-state index contributed by atoms with van der Waals surface area (Å²) in [5.41, 5.74) is 4.13. The van der Waals surface area contributed by atoms with Crippen molar-refractivity contribution in [1.82, 2.24) is 9.88 Å². The summed E-state index contributed by atoms with van der Waals surface area (Å²) in [6, 6.07) is 11.1. The van der Waals surface area contributed by atoms with Gasteiger partial charge in [-0.2, -0.15) is 0 Å². The lowest BCUT2D eigenvalue weighted by atomic mass is 10.1. The maximum Gasteiger partial charge on any atom is 0.0470 e. The number of nitrogens with zero attached hydrogens (tertiary/aromatic N) is 1. The van der Waals surface area contributed by atoms with Crippen molar-refractivity contribution in [3.8, 4) is 0 Å². The van der Waals surface area contributed by atoms with Crippen LogP contribution in [0.5, 0.6) is 0 Å². The standard InChI is InChI=1S/C17H24N2/c1-3-10-18-12-17-9-11-19(14-17)13-16-7-5-15(4-2)6-8-16/h5-9,11,14,18H,3-4,10,12-13H2,1-2H3. The summed E-state index contributed by atoms with van der Waals surface area (Å²) in [5, 5.41) is 3.43. The fourth-order valence-electron chi connectivity index (χ4n) is 2.19. The predicted molar refractivity (Wildman–Crippen MR) is 81.4 cm³/mol. The topological polar surface area (TPSA) is 17.0 Å². The van der Waals surface area contributed by atoms with Gasteiger partial charge in [0.05, 0.1) is 0 Å². The SMILES string of the molecule is CCCNCc1ccn(Cc2ccc(CC)cc2)c1. The summed E-state index contributed by atoms with van der Waals surface area (Å²) in [5.74, 6) is 0. The van der Waals surface area contributed by atoms with E-state index in [2.05, 4.69) is 66.5 Å². The van der Waals surface area contributed by atoms with Crippen LogP contribution in [0.2, 0.25) is 0 Å². The lowest BCUT2D eigenvalue weighted by Crippen LogP contribution is -2.13. The summed E-state index contributed by atoms with van der Waals surface area (Å²) in [7, 11) is 0. The van der Waals surface area contributed by atoms with Crippen LogP contribution in [-0.2, 0) is 19.5 Å². The van der Waals surface area contributed by atoms with Gasteiger partial charge in [0.1, 0.15) is 0 Å². The molecule has 1 N–H and O–H groups in total. The van der Waals surface area contributed by atoms with Crippen LogP contribution in [0.3, 0.4) is 0 Å². The maximum absolute atomic E-state index is 3.43. The predicted octanol–water partition coefficient (Wildman–Crippen LogP) is 3.60. The Labute approximate surface area is 116 Å². The Morgan fingerprint density at radius 3 is 2.37 bits per heavy atom. The third-order valence-corrected chi connectivity index (χ3v) is 3.36. The fraction of sp³-hybridized carbons (Fsp3) is 0.412. The van der Waals surface area contributed by atoms with Crippen molar-refractivity contribution in [2.45, 2.75) is 39.8 Å². The molecule has 0 saturated heterocycles. The van der Waals surface area contributed by atoms with Gasteiger partial charge in [-0.3, -0.25) is 0 Å². The highest BCUT2D eigenvalue weighted by Crippen LogP contribution is 2.09. The highest BCUT2D eigenvalue weighted by atomic mass is 14.9. The lowest BCUT2D eigenvalue weighted by molar-refractivity contribution is 0.673. The minimum atomic E-state index is 0.956. The molecule has 0 saturated carbocycles. The van der Waals surface area contributed by atoms with Crippen molar-refractivity contribution in [3.05, 3.63) is 59.4 Å². The largest absolute Gasteiger partial charge is 0.350 e. The zero-order chi connectivity index (χ0) is 13.5. The van der Waals surface area contributed by atoms with E-state index in [-0.39, 0.29) is 0 Å². The van der Waals surface area contributed by atoms with Crippen LogP contribution in [0.25, 0.3) is 0 Å². The molecule has 0 aliphatic heterocycles. The van der Waals surface area contributed by atoms with Crippen molar-refractivity contribution >= 4 is 0 Å². The fourth-order valence-corrected chi connectivity index (χ4v) is 2.19. The quantitative estimate of drug-likeness (QED) is 0.749. The zero-order valence-electron chi connectivity index (χ0n) is 12.0. The second-order valence-electron chi connectivity index (χ2n) is 5.04. The van der Waals surface area contributed by atoms with E-state index in [0.717, 1.165) is 26.1 Å². The maximum atomic E-state index is 3.43. The van der Waals surface area contributed by atoms with Crippen LogP contribution >= 0.6 is 0 Å². The Bertz CT molecular complexity index is 482. The van der Waals surface area contributed by atoms with Gasteiger partial charge in [-0.25, -0.2) is 0 Å². The summed E-state index contributed by atoms with van der Waals surface area (Å²) in [6.45, 7) is 7.39. The van der Waals surface area contributed by atoms with Gasteiger partial charge < -0.3 is 9.88 Å². The first-order valence-corrected chi connectivity index (χ1v) is 7.25. The number of hydrogen-bond donors (Lipinski definition) is 1. The van der Waals surface area contributed by atoms with Gasteiger partial charge in [0.15, 0.2) is 0 Å². The molecule has 2 rings (SSSR count). The lowest BCUT2D eigenvalue weighted by Gasteiger charge is -2.05. The molecule has 0 unspecified atom stereocenters. The Hall–Kier alpha value is -1.54. The van der Waals surface area contributed by atoms with Gasteiger partial charge >= 0.3 is 0 Å². The molecule has 0 radical (unpaired) electrons. The Morgan fingerprint density at radius 1 is 0.947 bits per heavy atom. The van der Waals surface area contributed by atoms with E-state index in [9.17, 15) is 0 Å². The van der Waals surface area contributed by atoms with E-state index in [1.54, 1.807) is 0 Å². The van der Waals surface area contributed by atoms with Crippen molar-refractivity contribution in [2.24, 2.45) is 0 Å². The normalized spacial score (nSPS) is 10.8. The molecule has 0 amide bonds. The van der Waals surface area contributed by atoms with Crippen LogP contribution in [0, 0.1) is 0 Å². The van der Waals surface area contributed by atoms with E-state index in [1.807, 2.05) is 0 Å². The van der Waals surface area contributed by atoms with Crippen molar-refractivity contribution in [3.63, 3.8) is 0 Å². The number of aryl methyl sites for hydroxylation is 1. The van der Waals surface area contributed by atoms with Gasteiger partial charge in [0.2, 0.25) is 0 Å². The minimum absolute atomic E-state index is 0.956. The first-order valence-electron chi connectivity index (χ1n) is 7.25. The summed E-state index contributed by atoms with van der Waals surface area (Å²) < 4.78 is 2.25. The molecule has 0 aliphatic carbocycles. The monoisotopic (exact) mass is 256 g/mol. The average molecular weight is 256 g/mol. The molecular weight excluding hydrogens is 232 g/mol.